The summed E-state index contributed by atoms with van der Waals surface area (Å²) in [5.74, 6) is 0.902. The second kappa shape index (κ2) is 7.84. The zero-order valence-corrected chi connectivity index (χ0v) is 16.4. The fourth-order valence-electron chi connectivity index (χ4n) is 3.98. The van der Waals surface area contributed by atoms with Crippen LogP contribution in [0.4, 0.5) is 5.82 Å². The van der Waals surface area contributed by atoms with Crippen molar-refractivity contribution in [3.8, 4) is 0 Å². The molecule has 1 amide bonds. The highest BCUT2D eigenvalue weighted by Gasteiger charge is 2.26. The fraction of sp³-hybridized carbons (Fsp3) is 0.579. The van der Waals surface area contributed by atoms with E-state index in [9.17, 15) is 4.79 Å². The number of aryl methyl sites for hydroxylation is 2. The Labute approximate surface area is 164 Å². The highest BCUT2D eigenvalue weighted by molar-refractivity contribution is 6.33. The number of piperidine rings is 1. The number of rotatable bonds is 4. The maximum atomic E-state index is 12.5. The van der Waals surface area contributed by atoms with Gasteiger partial charge in [0, 0.05) is 43.1 Å². The summed E-state index contributed by atoms with van der Waals surface area (Å²) in [7, 11) is 0. The molecule has 2 aromatic heterocycles. The van der Waals surface area contributed by atoms with Gasteiger partial charge in [0.05, 0.1) is 5.02 Å². The first-order valence-corrected chi connectivity index (χ1v) is 10.1. The summed E-state index contributed by atoms with van der Waals surface area (Å²) in [6, 6.07) is 0.134. The van der Waals surface area contributed by atoms with E-state index in [0.717, 1.165) is 44.6 Å². The van der Waals surface area contributed by atoms with E-state index in [1.165, 1.54) is 24.1 Å². The Hall–Kier alpha value is -2.15. The monoisotopic (exact) mass is 388 g/mol. The van der Waals surface area contributed by atoms with Gasteiger partial charge in [-0.1, -0.05) is 11.6 Å². The predicted octanol–water partition coefficient (Wildman–Crippen LogP) is 2.62. The van der Waals surface area contributed by atoms with Crippen molar-refractivity contribution < 1.29 is 4.79 Å². The van der Waals surface area contributed by atoms with Crippen molar-refractivity contribution >= 4 is 23.3 Å². The molecule has 3 heterocycles. The molecule has 0 bridgehead atoms. The van der Waals surface area contributed by atoms with E-state index < -0.39 is 0 Å². The number of amides is 1. The number of aromatic nitrogens is 4. The first kappa shape index (κ1) is 18.2. The Morgan fingerprint density at radius 3 is 2.78 bits per heavy atom. The Morgan fingerprint density at radius 2 is 2.04 bits per heavy atom. The summed E-state index contributed by atoms with van der Waals surface area (Å²) in [6.45, 7) is 4.41. The molecule has 7 nitrogen and oxygen atoms in total. The molecule has 1 aliphatic heterocycles. The van der Waals surface area contributed by atoms with Gasteiger partial charge in [-0.2, -0.15) is 5.10 Å². The molecular weight excluding hydrogens is 364 g/mol. The van der Waals surface area contributed by atoms with Crippen LogP contribution < -0.4 is 10.2 Å². The quantitative estimate of drug-likeness (QED) is 0.871. The number of hydrogen-bond donors (Lipinski definition) is 1. The van der Waals surface area contributed by atoms with Crippen LogP contribution in [0.15, 0.2) is 12.5 Å². The van der Waals surface area contributed by atoms with Gasteiger partial charge in [-0.05, 0) is 45.4 Å². The summed E-state index contributed by atoms with van der Waals surface area (Å²) < 4.78 is 1.68. The molecule has 2 aliphatic rings. The van der Waals surface area contributed by atoms with Crippen molar-refractivity contribution in [2.75, 3.05) is 18.0 Å². The number of anilines is 1. The van der Waals surface area contributed by atoms with Crippen LogP contribution in [0, 0.1) is 0 Å². The minimum Gasteiger partial charge on any atom is -0.356 e. The largest absolute Gasteiger partial charge is 0.356 e. The Kier molecular flexibility index (Phi) is 5.29. The maximum absolute atomic E-state index is 12.5. The Bertz CT molecular complexity index is 828. The number of halogens is 1. The number of nitrogens with zero attached hydrogens (tertiary/aromatic N) is 5. The lowest BCUT2D eigenvalue weighted by Gasteiger charge is -2.34. The van der Waals surface area contributed by atoms with Crippen molar-refractivity contribution in [1.29, 1.82) is 0 Å². The molecule has 8 heteroatoms. The van der Waals surface area contributed by atoms with E-state index in [0.29, 0.717) is 17.3 Å². The number of carbonyl (C=O) groups excluding carboxylic acids is 1. The molecule has 0 saturated carbocycles. The van der Waals surface area contributed by atoms with Gasteiger partial charge in [-0.25, -0.2) is 9.97 Å². The fourth-order valence-corrected chi connectivity index (χ4v) is 4.21. The summed E-state index contributed by atoms with van der Waals surface area (Å²) >= 11 is 6.14. The molecule has 1 fully saturated rings. The predicted molar refractivity (Wildman–Crippen MR) is 104 cm³/mol. The topological polar surface area (TPSA) is 75.9 Å². The van der Waals surface area contributed by atoms with Crippen LogP contribution in [0.25, 0.3) is 0 Å². The molecule has 4 rings (SSSR count). The van der Waals surface area contributed by atoms with Crippen molar-refractivity contribution in [3.05, 3.63) is 34.5 Å². The zero-order chi connectivity index (χ0) is 18.8. The Balaban J connectivity index is 1.38. The van der Waals surface area contributed by atoms with Crippen molar-refractivity contribution in [2.24, 2.45) is 0 Å². The smallest absolute Gasteiger partial charge is 0.273 e. The molecule has 27 heavy (non-hydrogen) atoms. The highest BCUT2D eigenvalue weighted by atomic mass is 35.5. The summed E-state index contributed by atoms with van der Waals surface area (Å²) in [6.07, 6.45) is 9.71. The van der Waals surface area contributed by atoms with Crippen LogP contribution in [-0.2, 0) is 19.4 Å². The van der Waals surface area contributed by atoms with Gasteiger partial charge >= 0.3 is 0 Å². The van der Waals surface area contributed by atoms with E-state index in [1.807, 2.05) is 6.92 Å². The van der Waals surface area contributed by atoms with Crippen molar-refractivity contribution in [2.45, 2.75) is 58.0 Å². The normalized spacial score (nSPS) is 17.6. The van der Waals surface area contributed by atoms with E-state index in [4.69, 9.17) is 11.6 Å². The third kappa shape index (κ3) is 3.78. The molecule has 1 N–H and O–H groups in total. The molecule has 144 valence electrons. The number of hydrogen-bond acceptors (Lipinski definition) is 5. The second-order valence-corrected chi connectivity index (χ2v) is 7.65. The number of fused-ring (bicyclic) bond motifs is 1. The van der Waals surface area contributed by atoms with Gasteiger partial charge in [0.25, 0.3) is 5.91 Å². The standard InChI is InChI=1S/C19H25ClN6O/c1-2-26-11-15(20)17(24-26)19(27)23-13-7-9-25(10-8-13)18-14-5-3-4-6-16(14)21-12-22-18/h11-13H,2-10H2,1H3,(H,23,27). The van der Waals surface area contributed by atoms with E-state index in [2.05, 4.69) is 25.3 Å². The van der Waals surface area contributed by atoms with Gasteiger partial charge in [-0.15, -0.1) is 0 Å². The molecule has 0 aromatic carbocycles. The maximum Gasteiger partial charge on any atom is 0.273 e. The summed E-state index contributed by atoms with van der Waals surface area (Å²) in [5.41, 5.74) is 2.84. The van der Waals surface area contributed by atoms with Crippen LogP contribution >= 0.6 is 11.6 Å². The Morgan fingerprint density at radius 1 is 1.26 bits per heavy atom. The van der Waals surface area contributed by atoms with Crippen LogP contribution in [0.3, 0.4) is 0 Å². The molecule has 2 aromatic rings. The molecule has 0 spiro atoms. The summed E-state index contributed by atoms with van der Waals surface area (Å²) in [4.78, 5) is 23.9. The molecule has 0 atom stereocenters. The lowest BCUT2D eigenvalue weighted by atomic mass is 9.95. The van der Waals surface area contributed by atoms with Crippen molar-refractivity contribution in [1.82, 2.24) is 25.1 Å². The molecule has 0 unspecified atom stereocenters. The van der Waals surface area contributed by atoms with E-state index in [1.54, 1.807) is 17.2 Å². The lowest BCUT2D eigenvalue weighted by molar-refractivity contribution is 0.0925. The third-order valence-corrected chi connectivity index (χ3v) is 5.76. The molecule has 1 saturated heterocycles. The zero-order valence-electron chi connectivity index (χ0n) is 15.6. The van der Waals surface area contributed by atoms with E-state index in [-0.39, 0.29) is 11.9 Å². The summed E-state index contributed by atoms with van der Waals surface area (Å²) in [5, 5.41) is 7.74. The van der Waals surface area contributed by atoms with Crippen LogP contribution in [0.2, 0.25) is 5.02 Å². The van der Waals surface area contributed by atoms with Crippen molar-refractivity contribution in [3.63, 3.8) is 0 Å². The van der Waals surface area contributed by atoms with Gasteiger partial charge < -0.3 is 10.2 Å². The van der Waals surface area contributed by atoms with Gasteiger partial charge in [-0.3, -0.25) is 9.48 Å². The SMILES string of the molecule is CCn1cc(Cl)c(C(=O)NC2CCN(c3ncnc4c3CCCC4)CC2)n1. The van der Waals surface area contributed by atoms with Gasteiger partial charge in [0.1, 0.15) is 12.1 Å². The van der Waals surface area contributed by atoms with Gasteiger partial charge in [0.2, 0.25) is 0 Å². The van der Waals surface area contributed by atoms with Crippen LogP contribution in [0.5, 0.6) is 0 Å². The first-order valence-electron chi connectivity index (χ1n) is 9.77. The lowest BCUT2D eigenvalue weighted by Crippen LogP contribution is -2.45. The minimum atomic E-state index is -0.190. The molecule has 1 aliphatic carbocycles. The van der Waals surface area contributed by atoms with E-state index >= 15 is 0 Å². The minimum absolute atomic E-state index is 0.134. The number of nitrogens with one attached hydrogen (secondary N) is 1. The van der Waals surface area contributed by atoms with Gasteiger partial charge in [0.15, 0.2) is 5.69 Å². The van der Waals surface area contributed by atoms with Crippen LogP contribution in [-0.4, -0.2) is 44.8 Å². The third-order valence-electron chi connectivity index (χ3n) is 5.49. The second-order valence-electron chi connectivity index (χ2n) is 7.25. The van der Waals surface area contributed by atoms with Crippen LogP contribution in [0.1, 0.15) is 54.4 Å². The average Bonchev–Trinajstić information content (AvgIpc) is 3.09. The average molecular weight is 389 g/mol. The highest BCUT2D eigenvalue weighted by Crippen LogP contribution is 2.29. The first-order chi connectivity index (χ1) is 13.2. The number of carbonyl (C=O) groups is 1. The molecule has 0 radical (unpaired) electrons. The molecular formula is C19H25ClN6O.